The lowest BCUT2D eigenvalue weighted by molar-refractivity contribution is 0.629. The molecule has 1 heterocycles. The first-order chi connectivity index (χ1) is 8.72. The highest BCUT2D eigenvalue weighted by molar-refractivity contribution is 5.67. The number of rotatable bonds is 4. The molecule has 0 fully saturated rings. The summed E-state index contributed by atoms with van der Waals surface area (Å²) >= 11 is 0. The van der Waals surface area contributed by atoms with Gasteiger partial charge in [0.2, 0.25) is 0 Å². The molecule has 94 valence electrons. The highest BCUT2D eigenvalue weighted by atomic mass is 19.1. The Labute approximate surface area is 107 Å². The van der Waals surface area contributed by atoms with Crippen LogP contribution < -0.4 is 5.32 Å². The summed E-state index contributed by atoms with van der Waals surface area (Å²) in [4.78, 5) is 4.07. The Morgan fingerprint density at radius 3 is 2.78 bits per heavy atom. The molecule has 18 heavy (non-hydrogen) atoms. The molecule has 0 aliphatic heterocycles. The van der Waals surface area contributed by atoms with Gasteiger partial charge in [-0.3, -0.25) is 4.98 Å². The molecule has 0 saturated carbocycles. The fourth-order valence-electron chi connectivity index (χ4n) is 1.90. The van der Waals surface area contributed by atoms with E-state index >= 15 is 0 Å². The minimum absolute atomic E-state index is 0.202. The van der Waals surface area contributed by atoms with Gasteiger partial charge in [0.25, 0.3) is 0 Å². The Bertz CT molecular complexity index is 538. The smallest absolute Gasteiger partial charge is 0.131 e. The van der Waals surface area contributed by atoms with Crippen molar-refractivity contribution < 1.29 is 4.39 Å². The number of benzene rings is 1. The fourth-order valence-corrected chi connectivity index (χ4v) is 1.90. The van der Waals surface area contributed by atoms with Crippen LogP contribution in [0.25, 0.3) is 11.1 Å². The molecule has 1 aromatic carbocycles. The van der Waals surface area contributed by atoms with Crippen LogP contribution in [-0.4, -0.2) is 11.5 Å². The van der Waals surface area contributed by atoms with Gasteiger partial charge in [-0.1, -0.05) is 13.0 Å². The van der Waals surface area contributed by atoms with Crippen molar-refractivity contribution in [3.8, 4) is 11.1 Å². The van der Waals surface area contributed by atoms with E-state index in [1.807, 2.05) is 25.1 Å². The summed E-state index contributed by atoms with van der Waals surface area (Å²) in [6.07, 6.45) is 3.43. The van der Waals surface area contributed by atoms with Crippen LogP contribution in [0.2, 0.25) is 0 Å². The first-order valence-corrected chi connectivity index (χ1v) is 6.12. The molecular weight excluding hydrogens is 227 g/mol. The highest BCUT2D eigenvalue weighted by Gasteiger charge is 2.08. The number of nitrogens with one attached hydrogen (secondary N) is 1. The second-order valence-corrected chi connectivity index (χ2v) is 4.29. The third-order valence-electron chi connectivity index (χ3n) is 2.94. The van der Waals surface area contributed by atoms with Gasteiger partial charge in [-0.25, -0.2) is 4.39 Å². The Balaban J connectivity index is 2.40. The molecule has 0 radical (unpaired) electrons. The largest absolute Gasteiger partial charge is 0.313 e. The van der Waals surface area contributed by atoms with Crippen LogP contribution >= 0.6 is 0 Å². The number of hydrogen-bond acceptors (Lipinski definition) is 2. The molecule has 2 nitrogen and oxygen atoms in total. The maximum Gasteiger partial charge on any atom is 0.131 e. The van der Waals surface area contributed by atoms with Crippen molar-refractivity contribution in [1.82, 2.24) is 10.3 Å². The number of hydrogen-bond donors (Lipinski definition) is 1. The molecule has 0 amide bonds. The van der Waals surface area contributed by atoms with Crippen molar-refractivity contribution in [3.63, 3.8) is 0 Å². The number of halogens is 1. The number of aromatic nitrogens is 1. The van der Waals surface area contributed by atoms with Gasteiger partial charge in [-0.2, -0.15) is 0 Å². The Kier molecular flexibility index (Phi) is 4.05. The molecule has 3 heteroatoms. The molecule has 0 spiro atoms. The summed E-state index contributed by atoms with van der Waals surface area (Å²) in [5, 5.41) is 3.24. The van der Waals surface area contributed by atoms with Crippen molar-refractivity contribution in [3.05, 3.63) is 53.6 Å². The molecule has 0 aliphatic carbocycles. The van der Waals surface area contributed by atoms with Gasteiger partial charge in [0, 0.05) is 30.1 Å². The van der Waals surface area contributed by atoms with Crippen LogP contribution in [0.4, 0.5) is 4.39 Å². The van der Waals surface area contributed by atoms with Gasteiger partial charge in [0.15, 0.2) is 0 Å². The maximum atomic E-state index is 13.9. The van der Waals surface area contributed by atoms with Gasteiger partial charge in [0.1, 0.15) is 5.82 Å². The molecule has 1 aromatic heterocycles. The normalized spacial score (nSPS) is 10.6. The van der Waals surface area contributed by atoms with Crippen LogP contribution in [0.1, 0.15) is 18.1 Å². The van der Waals surface area contributed by atoms with E-state index in [1.54, 1.807) is 12.4 Å². The van der Waals surface area contributed by atoms with E-state index in [1.165, 1.54) is 6.07 Å². The molecule has 2 aromatic rings. The maximum absolute atomic E-state index is 13.9. The average Bonchev–Trinajstić information content (AvgIpc) is 2.39. The lowest BCUT2D eigenvalue weighted by Crippen LogP contribution is -2.11. The monoisotopic (exact) mass is 244 g/mol. The third-order valence-corrected chi connectivity index (χ3v) is 2.94. The van der Waals surface area contributed by atoms with Crippen LogP contribution in [0.3, 0.4) is 0 Å². The van der Waals surface area contributed by atoms with E-state index in [0.29, 0.717) is 5.56 Å². The lowest BCUT2D eigenvalue weighted by Gasteiger charge is -2.09. The quantitative estimate of drug-likeness (QED) is 0.892. The molecule has 0 aliphatic rings. The molecule has 2 rings (SSSR count). The minimum atomic E-state index is -0.202. The van der Waals surface area contributed by atoms with Crippen molar-refractivity contribution in [2.24, 2.45) is 0 Å². The molecule has 0 atom stereocenters. The second-order valence-electron chi connectivity index (χ2n) is 4.29. The van der Waals surface area contributed by atoms with Gasteiger partial charge in [-0.05, 0) is 42.8 Å². The number of nitrogens with zero attached hydrogens (tertiary/aromatic N) is 1. The van der Waals surface area contributed by atoms with Crippen LogP contribution in [0.15, 0.2) is 36.7 Å². The van der Waals surface area contributed by atoms with E-state index in [9.17, 15) is 4.39 Å². The zero-order valence-corrected chi connectivity index (χ0v) is 10.7. The SMILES string of the molecule is CCNCc1ccc(F)c(-c2cnccc2C)c1. The third kappa shape index (κ3) is 2.74. The first kappa shape index (κ1) is 12.7. The lowest BCUT2D eigenvalue weighted by atomic mass is 10.0. The average molecular weight is 244 g/mol. The summed E-state index contributed by atoms with van der Waals surface area (Å²) < 4.78 is 13.9. The van der Waals surface area contributed by atoms with Crippen LogP contribution in [0.5, 0.6) is 0 Å². The fraction of sp³-hybridized carbons (Fsp3) is 0.267. The van der Waals surface area contributed by atoms with E-state index in [2.05, 4.69) is 17.2 Å². The predicted molar refractivity (Wildman–Crippen MR) is 71.7 cm³/mol. The second kappa shape index (κ2) is 5.74. The molecule has 0 bridgehead atoms. The Morgan fingerprint density at radius 2 is 2.06 bits per heavy atom. The standard InChI is InChI=1S/C15H17FN2/c1-3-17-9-12-4-5-15(16)13(8-12)14-10-18-7-6-11(14)2/h4-8,10,17H,3,9H2,1-2H3. The summed E-state index contributed by atoms with van der Waals surface area (Å²) in [5.41, 5.74) is 3.59. The zero-order chi connectivity index (χ0) is 13.0. The van der Waals surface area contributed by atoms with E-state index in [-0.39, 0.29) is 5.82 Å². The summed E-state index contributed by atoms with van der Waals surface area (Å²) in [6.45, 7) is 5.67. The van der Waals surface area contributed by atoms with Gasteiger partial charge < -0.3 is 5.32 Å². The predicted octanol–water partition coefficient (Wildman–Crippen LogP) is 3.31. The van der Waals surface area contributed by atoms with Gasteiger partial charge >= 0.3 is 0 Å². The number of aryl methyl sites for hydroxylation is 1. The zero-order valence-electron chi connectivity index (χ0n) is 10.7. The Hall–Kier alpha value is -1.74. The molecular formula is C15H17FN2. The highest BCUT2D eigenvalue weighted by Crippen LogP contribution is 2.26. The van der Waals surface area contributed by atoms with E-state index in [0.717, 1.165) is 29.8 Å². The molecule has 0 unspecified atom stereocenters. The summed E-state index contributed by atoms with van der Waals surface area (Å²) in [5.74, 6) is -0.202. The molecule has 0 saturated heterocycles. The van der Waals surface area contributed by atoms with Crippen LogP contribution in [-0.2, 0) is 6.54 Å². The Morgan fingerprint density at radius 1 is 1.22 bits per heavy atom. The van der Waals surface area contributed by atoms with Crippen molar-refractivity contribution >= 4 is 0 Å². The summed E-state index contributed by atoms with van der Waals surface area (Å²) in [6, 6.07) is 7.12. The van der Waals surface area contributed by atoms with Gasteiger partial charge in [0.05, 0.1) is 0 Å². The summed E-state index contributed by atoms with van der Waals surface area (Å²) in [7, 11) is 0. The van der Waals surface area contributed by atoms with E-state index < -0.39 is 0 Å². The van der Waals surface area contributed by atoms with Crippen LogP contribution in [0, 0.1) is 12.7 Å². The first-order valence-electron chi connectivity index (χ1n) is 6.12. The van der Waals surface area contributed by atoms with Crippen molar-refractivity contribution in [2.75, 3.05) is 6.54 Å². The van der Waals surface area contributed by atoms with Crippen molar-refractivity contribution in [2.45, 2.75) is 20.4 Å². The van der Waals surface area contributed by atoms with E-state index in [4.69, 9.17) is 0 Å². The topological polar surface area (TPSA) is 24.9 Å². The molecule has 1 N–H and O–H groups in total. The van der Waals surface area contributed by atoms with Gasteiger partial charge in [-0.15, -0.1) is 0 Å². The van der Waals surface area contributed by atoms with Crippen molar-refractivity contribution in [1.29, 1.82) is 0 Å². The number of pyridine rings is 1. The minimum Gasteiger partial charge on any atom is -0.313 e.